The van der Waals surface area contributed by atoms with E-state index in [-0.39, 0.29) is 0 Å². The minimum Gasteiger partial charge on any atom is -0.373 e. The summed E-state index contributed by atoms with van der Waals surface area (Å²) >= 11 is 2.02. The van der Waals surface area contributed by atoms with Crippen molar-refractivity contribution in [2.75, 3.05) is 41.9 Å². The van der Waals surface area contributed by atoms with Gasteiger partial charge < -0.3 is 10.2 Å². The number of rotatable bonds is 4. The number of hydrogen-bond donors (Lipinski definition) is 1. The first-order valence-corrected chi connectivity index (χ1v) is 7.37. The molecule has 1 N–H and O–H groups in total. The van der Waals surface area contributed by atoms with Crippen molar-refractivity contribution in [3.05, 3.63) is 11.9 Å². The minimum atomic E-state index is 0.927. The monoisotopic (exact) mass is 252 g/mol. The van der Waals surface area contributed by atoms with Crippen molar-refractivity contribution >= 4 is 23.4 Å². The van der Waals surface area contributed by atoms with Crippen LogP contribution >= 0.6 is 11.8 Å². The summed E-state index contributed by atoms with van der Waals surface area (Å²) in [5, 5.41) is 3.12. The third kappa shape index (κ3) is 3.25. The summed E-state index contributed by atoms with van der Waals surface area (Å²) in [7, 11) is 1.91. The molecule has 4 nitrogen and oxygen atoms in total. The van der Waals surface area contributed by atoms with Crippen molar-refractivity contribution in [1.82, 2.24) is 9.97 Å². The van der Waals surface area contributed by atoms with Gasteiger partial charge in [-0.15, -0.1) is 0 Å². The fraction of sp³-hybridized carbons (Fsp3) is 0.667. The Morgan fingerprint density at radius 2 is 2.12 bits per heavy atom. The summed E-state index contributed by atoms with van der Waals surface area (Å²) in [5.41, 5.74) is 0. The van der Waals surface area contributed by atoms with Gasteiger partial charge in [-0.25, -0.2) is 9.97 Å². The van der Waals surface area contributed by atoms with Gasteiger partial charge in [0.15, 0.2) is 0 Å². The average molecular weight is 252 g/mol. The van der Waals surface area contributed by atoms with E-state index in [0.717, 1.165) is 43.4 Å². The molecule has 0 spiro atoms. The lowest BCUT2D eigenvalue weighted by Crippen LogP contribution is -2.33. The maximum absolute atomic E-state index is 4.66. The highest BCUT2D eigenvalue weighted by atomic mass is 32.2. The molecule has 0 atom stereocenters. The summed E-state index contributed by atoms with van der Waals surface area (Å²) in [4.78, 5) is 11.5. The van der Waals surface area contributed by atoms with Gasteiger partial charge in [-0.3, -0.25) is 0 Å². The van der Waals surface area contributed by atoms with Crippen LogP contribution < -0.4 is 10.2 Å². The van der Waals surface area contributed by atoms with Crippen molar-refractivity contribution in [1.29, 1.82) is 0 Å². The Balaban J connectivity index is 2.21. The Labute approximate surface area is 107 Å². The molecule has 1 aromatic rings. The van der Waals surface area contributed by atoms with Gasteiger partial charge in [0.05, 0.1) is 0 Å². The fourth-order valence-corrected chi connectivity index (χ4v) is 2.80. The number of nitrogens with one attached hydrogen (secondary N) is 1. The van der Waals surface area contributed by atoms with Crippen LogP contribution in [0.15, 0.2) is 6.07 Å². The third-order valence-electron chi connectivity index (χ3n) is 2.82. The highest BCUT2D eigenvalue weighted by Gasteiger charge is 2.14. The number of anilines is 2. The zero-order valence-electron chi connectivity index (χ0n) is 10.6. The Hall–Kier alpha value is -0.970. The first-order valence-electron chi connectivity index (χ1n) is 6.22. The highest BCUT2D eigenvalue weighted by Crippen LogP contribution is 2.20. The van der Waals surface area contributed by atoms with Crippen LogP contribution in [-0.2, 0) is 6.42 Å². The van der Waals surface area contributed by atoms with Crippen LogP contribution in [0.2, 0.25) is 0 Å². The maximum Gasteiger partial charge on any atom is 0.134 e. The second kappa shape index (κ2) is 6.10. The van der Waals surface area contributed by atoms with Crippen LogP contribution in [0.4, 0.5) is 11.6 Å². The lowest BCUT2D eigenvalue weighted by molar-refractivity contribution is 0.795. The highest BCUT2D eigenvalue weighted by molar-refractivity contribution is 7.99. The molecule has 0 aromatic carbocycles. The molecular formula is C12H20N4S. The molecule has 0 radical (unpaired) electrons. The van der Waals surface area contributed by atoms with E-state index in [9.17, 15) is 0 Å². The van der Waals surface area contributed by atoms with Crippen LogP contribution in [0.3, 0.4) is 0 Å². The summed E-state index contributed by atoms with van der Waals surface area (Å²) in [6.07, 6.45) is 2.04. The predicted octanol–water partition coefficient (Wildman–Crippen LogP) is 2.02. The van der Waals surface area contributed by atoms with Gasteiger partial charge in [-0.1, -0.05) is 6.92 Å². The van der Waals surface area contributed by atoms with E-state index in [1.165, 1.54) is 11.5 Å². The lowest BCUT2D eigenvalue weighted by atomic mass is 10.3. The summed E-state index contributed by atoms with van der Waals surface area (Å²) < 4.78 is 0. The molecule has 1 aliphatic heterocycles. The van der Waals surface area contributed by atoms with Crippen LogP contribution in [0.5, 0.6) is 0 Å². The molecule has 2 rings (SSSR count). The minimum absolute atomic E-state index is 0.927. The van der Waals surface area contributed by atoms with Crippen LogP contribution in [0.1, 0.15) is 19.2 Å². The second-order valence-electron chi connectivity index (χ2n) is 4.13. The quantitative estimate of drug-likeness (QED) is 0.888. The molecule has 1 saturated heterocycles. The average Bonchev–Trinajstić information content (AvgIpc) is 2.40. The molecule has 0 bridgehead atoms. The van der Waals surface area contributed by atoms with Gasteiger partial charge in [0.2, 0.25) is 0 Å². The van der Waals surface area contributed by atoms with Crippen LogP contribution in [-0.4, -0.2) is 41.6 Å². The van der Waals surface area contributed by atoms with Gasteiger partial charge in [-0.05, 0) is 6.42 Å². The second-order valence-corrected chi connectivity index (χ2v) is 5.35. The van der Waals surface area contributed by atoms with Crippen molar-refractivity contribution in [2.45, 2.75) is 19.8 Å². The van der Waals surface area contributed by atoms with E-state index in [1.54, 1.807) is 0 Å². The lowest BCUT2D eigenvalue weighted by Gasteiger charge is -2.27. The van der Waals surface area contributed by atoms with Crippen LogP contribution in [0.25, 0.3) is 0 Å². The number of nitrogens with zero attached hydrogens (tertiary/aromatic N) is 3. The normalized spacial score (nSPS) is 16.0. The predicted molar refractivity (Wildman–Crippen MR) is 75.1 cm³/mol. The van der Waals surface area contributed by atoms with Crippen LogP contribution in [0, 0.1) is 0 Å². The Bertz CT molecular complexity index is 364. The van der Waals surface area contributed by atoms with E-state index in [4.69, 9.17) is 0 Å². The van der Waals surface area contributed by atoms with Gasteiger partial charge in [-0.2, -0.15) is 11.8 Å². The first kappa shape index (κ1) is 12.5. The van der Waals surface area contributed by atoms with Crippen molar-refractivity contribution in [3.63, 3.8) is 0 Å². The molecule has 94 valence electrons. The molecule has 1 fully saturated rings. The number of aryl methyl sites for hydroxylation is 1. The van der Waals surface area contributed by atoms with E-state index >= 15 is 0 Å². The smallest absolute Gasteiger partial charge is 0.134 e. The van der Waals surface area contributed by atoms with E-state index in [0.29, 0.717) is 0 Å². The van der Waals surface area contributed by atoms with E-state index in [2.05, 4.69) is 33.2 Å². The number of aromatic nitrogens is 2. The molecule has 0 unspecified atom stereocenters. The molecule has 5 heteroatoms. The van der Waals surface area contributed by atoms with Gasteiger partial charge in [0.25, 0.3) is 0 Å². The van der Waals surface area contributed by atoms with E-state index < -0.39 is 0 Å². The molecule has 1 aromatic heterocycles. The van der Waals surface area contributed by atoms with Gasteiger partial charge in [0, 0.05) is 44.1 Å². The molecule has 0 saturated carbocycles. The molecule has 17 heavy (non-hydrogen) atoms. The first-order chi connectivity index (χ1) is 8.33. The standard InChI is InChI=1S/C12H20N4S/c1-3-4-10-14-11(13-2)9-12(15-10)16-5-7-17-8-6-16/h9H,3-8H2,1-2H3,(H,13,14,15). The van der Waals surface area contributed by atoms with Gasteiger partial charge in [0.1, 0.15) is 17.5 Å². The molecule has 2 heterocycles. The molecule has 0 amide bonds. The van der Waals surface area contributed by atoms with Crippen molar-refractivity contribution < 1.29 is 0 Å². The Kier molecular flexibility index (Phi) is 4.48. The van der Waals surface area contributed by atoms with Crippen molar-refractivity contribution in [3.8, 4) is 0 Å². The summed E-state index contributed by atoms with van der Waals surface area (Å²) in [5.74, 6) is 5.35. The van der Waals surface area contributed by atoms with Crippen molar-refractivity contribution in [2.24, 2.45) is 0 Å². The van der Waals surface area contributed by atoms with E-state index in [1.807, 2.05) is 18.8 Å². The molecule has 1 aliphatic rings. The Morgan fingerprint density at radius 1 is 1.35 bits per heavy atom. The largest absolute Gasteiger partial charge is 0.373 e. The third-order valence-corrected chi connectivity index (χ3v) is 3.77. The SMILES string of the molecule is CCCc1nc(NC)cc(N2CCSCC2)n1. The molecule has 0 aliphatic carbocycles. The fourth-order valence-electron chi connectivity index (χ4n) is 1.90. The number of hydrogen-bond acceptors (Lipinski definition) is 5. The zero-order chi connectivity index (χ0) is 12.1. The Morgan fingerprint density at radius 3 is 2.76 bits per heavy atom. The summed E-state index contributed by atoms with van der Waals surface area (Å²) in [6, 6.07) is 2.05. The van der Waals surface area contributed by atoms with Gasteiger partial charge >= 0.3 is 0 Å². The maximum atomic E-state index is 4.66. The topological polar surface area (TPSA) is 41.1 Å². The zero-order valence-corrected chi connectivity index (χ0v) is 11.4. The summed E-state index contributed by atoms with van der Waals surface area (Å²) in [6.45, 7) is 4.35. The number of thioether (sulfide) groups is 1. The molecular weight excluding hydrogens is 232 g/mol.